The average molecular weight is 563 g/mol. The van der Waals surface area contributed by atoms with E-state index in [-0.39, 0.29) is 5.41 Å². The summed E-state index contributed by atoms with van der Waals surface area (Å²) in [4.78, 5) is 14.8. The van der Waals surface area contributed by atoms with Gasteiger partial charge in [-0.1, -0.05) is 74.5 Å². The van der Waals surface area contributed by atoms with Crippen LogP contribution in [0.1, 0.15) is 25.0 Å². The molecule has 0 radical (unpaired) electrons. The molecule has 10 rings (SSSR count). The molecule has 5 aromatic carbocycles. The Morgan fingerprint density at radius 3 is 2.27 bits per heavy atom. The standard InChI is InChI=1S/C40H26N4/c1-40(2)31-21-26-9-4-3-8-25(26)20-29(31)35-36(40)27-17-19-41-22-30(27)34-28-11-5-6-12-32(28)44(39(34)35)33-16-15-24-14-13-23-10-7-18-42-37(23)38(24)43-33/h3-22H,1-2H3. The van der Waals surface area contributed by atoms with Gasteiger partial charge in [-0.25, -0.2) is 4.98 Å². The molecule has 0 spiro atoms. The summed E-state index contributed by atoms with van der Waals surface area (Å²) in [5.41, 5.74) is 9.24. The molecule has 1 aliphatic carbocycles. The van der Waals surface area contributed by atoms with Gasteiger partial charge in [-0.2, -0.15) is 0 Å². The van der Waals surface area contributed by atoms with Crippen molar-refractivity contribution in [3.8, 4) is 16.9 Å². The lowest BCUT2D eigenvalue weighted by atomic mass is 9.79. The fraction of sp³-hybridized carbons (Fsp3) is 0.0750. The number of pyridine rings is 3. The number of benzene rings is 5. The second kappa shape index (κ2) is 8.27. The van der Waals surface area contributed by atoms with Gasteiger partial charge in [-0.3, -0.25) is 14.5 Å². The monoisotopic (exact) mass is 562 g/mol. The second-order valence-electron chi connectivity index (χ2n) is 12.5. The van der Waals surface area contributed by atoms with Crippen LogP contribution in [0.25, 0.3) is 82.1 Å². The maximum atomic E-state index is 5.38. The number of fused-ring (bicyclic) bond motifs is 14. The molecule has 9 aromatic rings. The number of para-hydroxylation sites is 1. The first kappa shape index (κ1) is 23.9. The first-order valence-corrected chi connectivity index (χ1v) is 15.1. The summed E-state index contributed by atoms with van der Waals surface area (Å²) in [6, 6.07) is 37.1. The maximum absolute atomic E-state index is 5.38. The molecule has 4 heterocycles. The third-order valence-corrected chi connectivity index (χ3v) is 9.82. The minimum atomic E-state index is -0.208. The lowest BCUT2D eigenvalue weighted by Gasteiger charge is -2.24. The van der Waals surface area contributed by atoms with E-state index in [4.69, 9.17) is 9.97 Å². The van der Waals surface area contributed by atoms with Crippen LogP contribution in [0.3, 0.4) is 0 Å². The minimum Gasteiger partial charge on any atom is -0.293 e. The van der Waals surface area contributed by atoms with E-state index in [9.17, 15) is 0 Å². The lowest BCUT2D eigenvalue weighted by Crippen LogP contribution is -2.15. The summed E-state index contributed by atoms with van der Waals surface area (Å²) in [5.74, 6) is 0.888. The van der Waals surface area contributed by atoms with Gasteiger partial charge in [0.25, 0.3) is 0 Å². The van der Waals surface area contributed by atoms with E-state index in [1.165, 1.54) is 60.1 Å². The highest BCUT2D eigenvalue weighted by atomic mass is 15.1. The lowest BCUT2D eigenvalue weighted by molar-refractivity contribution is 0.667. The summed E-state index contributed by atoms with van der Waals surface area (Å²) in [7, 11) is 0. The van der Waals surface area contributed by atoms with Crippen LogP contribution in [-0.2, 0) is 5.41 Å². The zero-order chi connectivity index (χ0) is 29.2. The molecular weight excluding hydrogens is 536 g/mol. The van der Waals surface area contributed by atoms with Crippen molar-refractivity contribution in [1.82, 2.24) is 19.5 Å². The molecule has 4 nitrogen and oxygen atoms in total. The Morgan fingerprint density at radius 1 is 0.636 bits per heavy atom. The molecule has 0 fully saturated rings. The predicted molar refractivity (Wildman–Crippen MR) is 182 cm³/mol. The highest BCUT2D eigenvalue weighted by Gasteiger charge is 2.40. The zero-order valence-corrected chi connectivity index (χ0v) is 24.3. The largest absolute Gasteiger partial charge is 0.293 e. The molecule has 4 heteroatoms. The number of hydrogen-bond acceptors (Lipinski definition) is 3. The van der Waals surface area contributed by atoms with Crippen molar-refractivity contribution in [1.29, 1.82) is 0 Å². The summed E-state index contributed by atoms with van der Waals surface area (Å²) in [6.07, 6.45) is 5.84. The van der Waals surface area contributed by atoms with Crippen LogP contribution >= 0.6 is 0 Å². The molecule has 0 amide bonds. The summed E-state index contributed by atoms with van der Waals surface area (Å²) in [5, 5.41) is 9.55. The molecule has 1 aliphatic rings. The number of nitrogens with zero attached hydrogens (tertiary/aromatic N) is 4. The summed E-state index contributed by atoms with van der Waals surface area (Å²) >= 11 is 0. The molecule has 0 bridgehead atoms. The second-order valence-corrected chi connectivity index (χ2v) is 12.5. The Labute approximate surface area is 253 Å². The first-order valence-electron chi connectivity index (χ1n) is 15.1. The van der Waals surface area contributed by atoms with Gasteiger partial charge in [0.1, 0.15) is 5.82 Å². The predicted octanol–water partition coefficient (Wildman–Crippen LogP) is 9.89. The third kappa shape index (κ3) is 2.95. The van der Waals surface area contributed by atoms with E-state index in [2.05, 4.69) is 127 Å². The minimum absolute atomic E-state index is 0.208. The fourth-order valence-corrected chi connectivity index (χ4v) is 7.90. The van der Waals surface area contributed by atoms with E-state index in [1.807, 2.05) is 18.5 Å². The van der Waals surface area contributed by atoms with Gasteiger partial charge in [-0.15, -0.1) is 0 Å². The normalized spacial score (nSPS) is 13.9. The van der Waals surface area contributed by atoms with Crippen LogP contribution in [0, 0.1) is 0 Å². The first-order chi connectivity index (χ1) is 21.6. The molecule has 0 saturated heterocycles. The van der Waals surface area contributed by atoms with Gasteiger partial charge in [0.05, 0.1) is 22.1 Å². The molecule has 0 saturated carbocycles. The van der Waals surface area contributed by atoms with E-state index in [0.29, 0.717) is 0 Å². The maximum Gasteiger partial charge on any atom is 0.138 e. The highest BCUT2D eigenvalue weighted by Crippen LogP contribution is 2.56. The van der Waals surface area contributed by atoms with Crippen LogP contribution in [0.4, 0.5) is 0 Å². The van der Waals surface area contributed by atoms with Crippen molar-refractivity contribution in [2.75, 3.05) is 0 Å². The molecule has 0 aliphatic heterocycles. The Morgan fingerprint density at radius 2 is 1.39 bits per heavy atom. The van der Waals surface area contributed by atoms with E-state index in [0.717, 1.165) is 33.1 Å². The third-order valence-electron chi connectivity index (χ3n) is 9.82. The van der Waals surface area contributed by atoms with Crippen molar-refractivity contribution in [2.45, 2.75) is 19.3 Å². The van der Waals surface area contributed by atoms with Crippen molar-refractivity contribution in [3.05, 3.63) is 133 Å². The van der Waals surface area contributed by atoms with Crippen LogP contribution in [0.15, 0.2) is 122 Å². The molecule has 4 aromatic heterocycles. The Kier molecular flexibility index (Phi) is 4.49. The topological polar surface area (TPSA) is 43.6 Å². The molecule has 0 unspecified atom stereocenters. The van der Waals surface area contributed by atoms with Gasteiger partial charge >= 0.3 is 0 Å². The summed E-state index contributed by atoms with van der Waals surface area (Å²) in [6.45, 7) is 4.74. The van der Waals surface area contributed by atoms with E-state index < -0.39 is 0 Å². The molecule has 0 atom stereocenters. The number of hydrogen-bond donors (Lipinski definition) is 0. The highest BCUT2D eigenvalue weighted by molar-refractivity contribution is 6.27. The Balaban J connectivity index is 1.45. The van der Waals surface area contributed by atoms with E-state index >= 15 is 0 Å². The average Bonchev–Trinajstić information content (AvgIpc) is 3.53. The molecule has 206 valence electrons. The van der Waals surface area contributed by atoms with Gasteiger partial charge in [0.15, 0.2) is 0 Å². The van der Waals surface area contributed by atoms with Crippen molar-refractivity contribution in [2.24, 2.45) is 0 Å². The Hall–Kier alpha value is -5.61. The van der Waals surface area contributed by atoms with Crippen molar-refractivity contribution < 1.29 is 0 Å². The SMILES string of the molecule is CC1(C)c2cc3ccccc3cc2-c2c1c1ccncc1c1c3ccccc3n(-c3ccc4ccc5cccnc5c4n3)c21. The van der Waals surface area contributed by atoms with Gasteiger partial charge < -0.3 is 0 Å². The molecule has 0 N–H and O–H groups in total. The van der Waals surface area contributed by atoms with Gasteiger partial charge in [0.2, 0.25) is 0 Å². The number of aromatic nitrogens is 4. The van der Waals surface area contributed by atoms with E-state index in [1.54, 1.807) is 0 Å². The van der Waals surface area contributed by atoms with Crippen molar-refractivity contribution in [3.63, 3.8) is 0 Å². The summed E-state index contributed by atoms with van der Waals surface area (Å²) < 4.78 is 2.39. The smallest absolute Gasteiger partial charge is 0.138 e. The number of rotatable bonds is 1. The van der Waals surface area contributed by atoms with Crippen LogP contribution < -0.4 is 0 Å². The van der Waals surface area contributed by atoms with Crippen LogP contribution in [0.5, 0.6) is 0 Å². The Bertz CT molecular complexity index is 2700. The van der Waals surface area contributed by atoms with Gasteiger partial charge in [0, 0.05) is 56.5 Å². The quantitative estimate of drug-likeness (QED) is 0.187. The van der Waals surface area contributed by atoms with Crippen LogP contribution in [-0.4, -0.2) is 19.5 Å². The molecule has 44 heavy (non-hydrogen) atoms. The fourth-order valence-electron chi connectivity index (χ4n) is 7.90. The molecular formula is C40H26N4. The van der Waals surface area contributed by atoms with Gasteiger partial charge in [-0.05, 0) is 75.3 Å². The van der Waals surface area contributed by atoms with Crippen LogP contribution in [0.2, 0.25) is 0 Å². The van der Waals surface area contributed by atoms with Crippen molar-refractivity contribution >= 4 is 65.2 Å². The zero-order valence-electron chi connectivity index (χ0n) is 24.3.